The number of para-hydroxylation sites is 1. The molecule has 0 amide bonds. The molecule has 0 saturated heterocycles. The van der Waals surface area contributed by atoms with Gasteiger partial charge in [0.05, 0.1) is 0 Å². The van der Waals surface area contributed by atoms with Gasteiger partial charge >= 0.3 is 48.1 Å². The Morgan fingerprint density at radius 1 is 0.745 bits per heavy atom. The number of aromatic nitrogens is 2. The molecule has 51 heavy (non-hydrogen) atoms. The number of hydrogen-bond donors (Lipinski definition) is 0. The Kier molecular flexibility index (Phi) is 12.5. The van der Waals surface area contributed by atoms with Gasteiger partial charge in [-0.1, -0.05) is 62.8 Å². The fourth-order valence-corrected chi connectivity index (χ4v) is 5.03. The summed E-state index contributed by atoms with van der Waals surface area (Å²) >= 11 is 0. The summed E-state index contributed by atoms with van der Waals surface area (Å²) in [6.07, 6.45) is 15.6. The second kappa shape index (κ2) is 17.4. The van der Waals surface area contributed by atoms with Crippen LogP contribution in [0.3, 0.4) is 0 Å². The number of hydrogen-bond acceptors (Lipinski definition) is 3. The number of nitrogens with zero attached hydrogens (tertiary/aromatic N) is 4. The maximum atomic E-state index is 6.57. The Bertz CT molecular complexity index is 2410. The Balaban J connectivity index is 0.000000503. The van der Waals surface area contributed by atoms with Gasteiger partial charge in [0.15, 0.2) is 7.05 Å². The molecule has 8 heteroatoms. The summed E-state index contributed by atoms with van der Waals surface area (Å²) in [6, 6.07) is 56.7. The van der Waals surface area contributed by atoms with Crippen LogP contribution in [0.1, 0.15) is 0 Å². The van der Waals surface area contributed by atoms with Gasteiger partial charge in [-0.05, 0) is 12.1 Å². The van der Waals surface area contributed by atoms with Crippen molar-refractivity contribution in [3.63, 3.8) is 0 Å². The maximum absolute atomic E-state index is 6.57. The van der Waals surface area contributed by atoms with Crippen molar-refractivity contribution in [2.24, 2.45) is 0 Å². The summed E-state index contributed by atoms with van der Waals surface area (Å²) < 4.78 is 17.6. The molecule has 7 aromatic rings. The van der Waals surface area contributed by atoms with E-state index in [2.05, 4.69) is 59.5 Å². The van der Waals surface area contributed by atoms with Gasteiger partial charge in [0, 0.05) is 35.4 Å². The first kappa shape index (κ1) is 36.7. The second-order valence-corrected chi connectivity index (χ2v) is 10.8. The van der Waals surface area contributed by atoms with Crippen molar-refractivity contribution in [3.05, 3.63) is 177 Å². The largest absolute Gasteiger partial charge is 4.00 e. The molecule has 2 aromatic heterocycles. The minimum Gasteiger partial charge on any atom is -0.669 e. The van der Waals surface area contributed by atoms with Crippen LogP contribution in [-0.2, 0) is 42.1 Å². The van der Waals surface area contributed by atoms with Crippen molar-refractivity contribution < 1.29 is 60.8 Å². The van der Waals surface area contributed by atoms with Gasteiger partial charge < -0.3 is 25.4 Å². The standard InChI is InChI=1S/C37H22N3O2.C6H4N.2Pt/c1-39-19-20-40(26-39)31-21-29-9-5-6-16-35(29)37(25-31)42-34-15-8-11-30(23-34)36-24-28(17-18-38-36)27-10-7-14-33(22-27)41-32-12-3-2-4-13-32;1-2-7-5-3-4-6-7;;/h2-12,14-16,18-21,24H,1H3;3-6H;;/q-3;-1;+2;+4. The minimum absolute atomic E-state index is 0. The van der Waals surface area contributed by atoms with Gasteiger partial charge in [-0.2, -0.15) is 30.3 Å². The van der Waals surface area contributed by atoms with E-state index in [1.807, 2.05) is 126 Å². The van der Waals surface area contributed by atoms with Crippen LogP contribution in [0.15, 0.2) is 140 Å². The average molecular weight is 1020 g/mol. The van der Waals surface area contributed by atoms with E-state index in [1.165, 1.54) is 0 Å². The molecule has 0 fully saturated rings. The normalized spacial score (nSPS) is 11.1. The van der Waals surface area contributed by atoms with Crippen molar-refractivity contribution >= 4 is 22.5 Å². The fourth-order valence-electron chi connectivity index (χ4n) is 5.03. The SMILES string of the molecule is C[N+]1=C=[N+](c2[c-]c(Oc3[c-]c(-c4cc(-c5[c-]c(Oc6[c-]cccc6)ccc5)[c-]cn4)ccc3)c3ccccc3c2)C=C1.[C-]#Cn1cccc1.[Pt+2].[Pt+4]. The van der Waals surface area contributed by atoms with Gasteiger partial charge in [-0.3, -0.25) is 11.1 Å². The Morgan fingerprint density at radius 2 is 1.47 bits per heavy atom. The van der Waals surface area contributed by atoms with Crippen molar-refractivity contribution in [2.75, 3.05) is 7.05 Å². The molecule has 248 valence electrons. The third kappa shape index (κ3) is 9.17. The Morgan fingerprint density at radius 3 is 2.20 bits per heavy atom. The van der Waals surface area contributed by atoms with Gasteiger partial charge in [-0.15, -0.1) is 53.4 Å². The van der Waals surface area contributed by atoms with Crippen LogP contribution in [0.2, 0.25) is 0 Å². The first-order valence-corrected chi connectivity index (χ1v) is 15.3. The zero-order valence-electron chi connectivity index (χ0n) is 27.0. The summed E-state index contributed by atoms with van der Waals surface area (Å²) in [6.45, 7) is 0. The average Bonchev–Trinajstić information content (AvgIpc) is 3.85. The Labute approximate surface area is 326 Å². The second-order valence-electron chi connectivity index (χ2n) is 10.8. The number of benzene rings is 5. The smallest absolute Gasteiger partial charge is 0.669 e. The van der Waals surface area contributed by atoms with Crippen LogP contribution in [0.25, 0.3) is 33.2 Å². The molecule has 0 unspecified atom stereocenters. The van der Waals surface area contributed by atoms with Crippen molar-refractivity contribution in [3.8, 4) is 51.4 Å². The van der Waals surface area contributed by atoms with Crippen LogP contribution >= 0.6 is 0 Å². The number of pyridine rings is 1. The molecule has 0 radical (unpaired) electrons. The van der Waals surface area contributed by atoms with E-state index in [0.717, 1.165) is 38.8 Å². The van der Waals surface area contributed by atoms with E-state index in [1.54, 1.807) is 23.2 Å². The van der Waals surface area contributed by atoms with E-state index in [4.69, 9.17) is 15.9 Å². The zero-order chi connectivity index (χ0) is 33.4. The topological polar surface area (TPSA) is 42.3 Å². The molecule has 0 atom stereocenters. The molecule has 1 aliphatic rings. The van der Waals surface area contributed by atoms with E-state index < -0.39 is 0 Å². The molecular weight excluding hydrogens is 995 g/mol. The Hall–Kier alpha value is -5.55. The molecule has 1 aliphatic heterocycles. The van der Waals surface area contributed by atoms with E-state index in [0.29, 0.717) is 23.0 Å². The molecule has 6 nitrogen and oxygen atoms in total. The molecule has 5 aromatic carbocycles. The zero-order valence-corrected chi connectivity index (χ0v) is 31.6. The van der Waals surface area contributed by atoms with Crippen LogP contribution in [0, 0.1) is 42.8 Å². The molecule has 0 bridgehead atoms. The van der Waals surface area contributed by atoms with Crippen LogP contribution < -0.4 is 9.47 Å². The minimum atomic E-state index is 0. The molecular formula is C43H26N4O2Pt2+2. The van der Waals surface area contributed by atoms with Crippen molar-refractivity contribution in [1.29, 1.82) is 0 Å². The van der Waals surface area contributed by atoms with E-state index >= 15 is 0 Å². The monoisotopic (exact) mass is 1020 g/mol. The van der Waals surface area contributed by atoms with Gasteiger partial charge in [0.2, 0.25) is 6.20 Å². The van der Waals surface area contributed by atoms with Crippen molar-refractivity contribution in [2.45, 2.75) is 0 Å². The summed E-state index contributed by atoms with van der Waals surface area (Å²) in [5.74, 6) is 2.40. The predicted molar refractivity (Wildman–Crippen MR) is 187 cm³/mol. The van der Waals surface area contributed by atoms with Crippen LogP contribution in [0.5, 0.6) is 23.0 Å². The summed E-state index contributed by atoms with van der Waals surface area (Å²) in [4.78, 5) is 4.57. The van der Waals surface area contributed by atoms with Gasteiger partial charge in [-0.25, -0.2) is 24.2 Å². The molecule has 3 heterocycles. The quantitative estimate of drug-likeness (QED) is 0.0911. The number of fused-ring (bicyclic) bond motifs is 1. The molecule has 0 saturated carbocycles. The maximum Gasteiger partial charge on any atom is 4.00 e. The third-order valence-corrected chi connectivity index (χ3v) is 7.36. The van der Waals surface area contributed by atoms with Gasteiger partial charge in [0.1, 0.15) is 5.69 Å². The fraction of sp³-hybridized carbons (Fsp3) is 0.0233. The summed E-state index contributed by atoms with van der Waals surface area (Å²) in [5.41, 5.74) is 4.04. The van der Waals surface area contributed by atoms with E-state index in [9.17, 15) is 0 Å². The summed E-state index contributed by atoms with van der Waals surface area (Å²) in [7, 11) is 1.93. The first-order valence-electron chi connectivity index (χ1n) is 15.3. The molecule has 8 rings (SSSR count). The first-order chi connectivity index (χ1) is 24.1. The third-order valence-electron chi connectivity index (χ3n) is 7.36. The van der Waals surface area contributed by atoms with Crippen molar-refractivity contribution in [1.82, 2.24) is 9.55 Å². The van der Waals surface area contributed by atoms with Crippen LogP contribution in [-0.4, -0.2) is 31.8 Å². The van der Waals surface area contributed by atoms with E-state index in [-0.39, 0.29) is 42.1 Å². The van der Waals surface area contributed by atoms with Crippen LogP contribution in [0.4, 0.5) is 5.69 Å². The predicted octanol–water partition coefficient (Wildman–Crippen LogP) is 8.98. The number of rotatable bonds is 7. The molecule has 0 N–H and O–H groups in total. The number of ether oxygens (including phenoxy) is 2. The van der Waals surface area contributed by atoms with Gasteiger partial charge in [0.25, 0.3) is 6.20 Å². The molecule has 0 spiro atoms. The summed E-state index contributed by atoms with van der Waals surface area (Å²) in [5, 5.41) is 2.00. The molecule has 0 aliphatic carbocycles.